The zero-order valence-corrected chi connectivity index (χ0v) is 18.2. The molecule has 0 spiro atoms. The van der Waals surface area contributed by atoms with Gasteiger partial charge < -0.3 is 14.8 Å². The van der Waals surface area contributed by atoms with Crippen molar-refractivity contribution in [2.45, 2.75) is 19.5 Å². The highest BCUT2D eigenvalue weighted by Crippen LogP contribution is 2.31. The van der Waals surface area contributed by atoms with Crippen LogP contribution in [-0.2, 0) is 17.9 Å². The Morgan fingerprint density at radius 3 is 2.58 bits per heavy atom. The number of benzene rings is 2. The van der Waals surface area contributed by atoms with E-state index in [1.165, 1.54) is 0 Å². The molecule has 0 saturated carbocycles. The number of carbonyl (C=O) groups is 1. The van der Waals surface area contributed by atoms with Gasteiger partial charge in [0.1, 0.15) is 5.82 Å². The van der Waals surface area contributed by atoms with E-state index >= 15 is 0 Å². The van der Waals surface area contributed by atoms with Crippen molar-refractivity contribution >= 4 is 22.5 Å². The van der Waals surface area contributed by atoms with Crippen LogP contribution in [0.5, 0.6) is 11.5 Å². The molecule has 2 aromatic carbocycles. The van der Waals surface area contributed by atoms with Gasteiger partial charge >= 0.3 is 0 Å². The summed E-state index contributed by atoms with van der Waals surface area (Å²) in [6, 6.07) is 13.8. The average Bonchev–Trinajstić information content (AvgIpc) is 3.26. The van der Waals surface area contributed by atoms with Crippen molar-refractivity contribution < 1.29 is 14.3 Å². The zero-order chi connectivity index (χ0) is 23.4. The Bertz CT molecular complexity index is 1420. The van der Waals surface area contributed by atoms with E-state index in [2.05, 4.69) is 15.5 Å². The number of carbonyl (C=O) groups excluding carboxylic acids is 1. The second-order valence-corrected chi connectivity index (χ2v) is 7.27. The third kappa shape index (κ3) is 4.49. The predicted octanol–water partition coefficient (Wildman–Crippen LogP) is 1.98. The Hall–Kier alpha value is -4.34. The van der Waals surface area contributed by atoms with E-state index in [1.807, 2.05) is 12.1 Å². The lowest BCUT2D eigenvalue weighted by Crippen LogP contribution is -2.31. The molecule has 2 aromatic heterocycles. The summed E-state index contributed by atoms with van der Waals surface area (Å²) in [6.07, 6.45) is 1.56. The van der Waals surface area contributed by atoms with Crippen LogP contribution in [0.1, 0.15) is 12.0 Å². The minimum absolute atomic E-state index is 0.0121. The molecule has 0 aliphatic carbocycles. The first-order valence-corrected chi connectivity index (χ1v) is 10.2. The fourth-order valence-corrected chi connectivity index (χ4v) is 3.63. The summed E-state index contributed by atoms with van der Waals surface area (Å²) in [5, 5.41) is 10.2. The summed E-state index contributed by atoms with van der Waals surface area (Å²) in [5.41, 5.74) is 0.0976. The van der Waals surface area contributed by atoms with Crippen LogP contribution in [-0.4, -0.2) is 39.7 Å². The standard InChI is InChI=1S/C23H23N5O5/c1-32-18-9-5-6-15(21(18)33-2)14-28-19(10-12-24-28)25-20(29)11-13-27-23(31)17-8-4-3-7-16(17)22(30)26-27/h3-10,12H,11,13-14H2,1-2H3,(H,25,29)(H,26,30). The summed E-state index contributed by atoms with van der Waals surface area (Å²) in [7, 11) is 3.13. The van der Waals surface area contributed by atoms with E-state index < -0.39 is 0 Å². The molecule has 0 aliphatic heterocycles. The van der Waals surface area contributed by atoms with Gasteiger partial charge in [0, 0.05) is 18.1 Å². The van der Waals surface area contributed by atoms with Crippen molar-refractivity contribution in [1.29, 1.82) is 0 Å². The number of methoxy groups -OCH3 is 2. The molecule has 0 saturated heterocycles. The maximum Gasteiger partial charge on any atom is 0.273 e. The molecule has 0 radical (unpaired) electrons. The van der Waals surface area contributed by atoms with Crippen LogP contribution in [0.2, 0.25) is 0 Å². The maximum atomic E-state index is 12.6. The lowest BCUT2D eigenvalue weighted by molar-refractivity contribution is -0.116. The lowest BCUT2D eigenvalue weighted by atomic mass is 10.2. The van der Waals surface area contributed by atoms with Gasteiger partial charge in [0.2, 0.25) is 5.91 Å². The van der Waals surface area contributed by atoms with Crippen molar-refractivity contribution in [2.75, 3.05) is 19.5 Å². The van der Waals surface area contributed by atoms with Gasteiger partial charge in [-0.25, -0.2) is 9.36 Å². The monoisotopic (exact) mass is 449 g/mol. The van der Waals surface area contributed by atoms with Gasteiger partial charge in [0.05, 0.1) is 44.3 Å². The quantitative estimate of drug-likeness (QED) is 0.424. The predicted molar refractivity (Wildman–Crippen MR) is 123 cm³/mol. The molecule has 10 nitrogen and oxygen atoms in total. The number of ether oxygens (including phenoxy) is 2. The fraction of sp³-hybridized carbons (Fsp3) is 0.217. The van der Waals surface area contributed by atoms with Crippen LogP contribution < -0.4 is 25.9 Å². The summed E-state index contributed by atoms with van der Waals surface area (Å²) < 4.78 is 13.6. The first kappa shape index (κ1) is 21.9. The zero-order valence-electron chi connectivity index (χ0n) is 18.2. The lowest BCUT2D eigenvalue weighted by Gasteiger charge is -2.14. The number of anilines is 1. The molecular weight excluding hydrogens is 426 g/mol. The van der Waals surface area contributed by atoms with Crippen LogP contribution in [0.4, 0.5) is 5.82 Å². The molecule has 4 rings (SSSR count). The Balaban J connectivity index is 1.47. The second kappa shape index (κ2) is 9.43. The SMILES string of the molecule is COc1cccc(Cn2nccc2NC(=O)CCn2[nH]c(=O)c3ccccc3c2=O)c1OC. The molecule has 170 valence electrons. The first-order chi connectivity index (χ1) is 16.0. The van der Waals surface area contributed by atoms with Gasteiger partial charge in [-0.1, -0.05) is 24.3 Å². The van der Waals surface area contributed by atoms with E-state index in [1.54, 1.807) is 61.5 Å². The van der Waals surface area contributed by atoms with Gasteiger partial charge in [-0.15, -0.1) is 0 Å². The summed E-state index contributed by atoms with van der Waals surface area (Å²) in [6.45, 7) is 0.378. The Kier molecular flexibility index (Phi) is 6.25. The summed E-state index contributed by atoms with van der Waals surface area (Å²) in [4.78, 5) is 37.4. The largest absolute Gasteiger partial charge is 0.493 e. The highest BCUT2D eigenvalue weighted by molar-refractivity contribution is 5.89. The summed E-state index contributed by atoms with van der Waals surface area (Å²) in [5.74, 6) is 1.36. The number of H-pyrrole nitrogens is 1. The highest BCUT2D eigenvalue weighted by atomic mass is 16.5. The van der Waals surface area contributed by atoms with E-state index in [4.69, 9.17) is 9.47 Å². The Morgan fingerprint density at radius 1 is 1.03 bits per heavy atom. The number of rotatable bonds is 8. The average molecular weight is 449 g/mol. The van der Waals surface area contributed by atoms with Crippen LogP contribution >= 0.6 is 0 Å². The molecular formula is C23H23N5O5. The van der Waals surface area contributed by atoms with Gasteiger partial charge in [-0.3, -0.25) is 19.5 Å². The number of hydrogen-bond acceptors (Lipinski definition) is 6. The molecule has 2 N–H and O–H groups in total. The Morgan fingerprint density at radius 2 is 1.82 bits per heavy atom. The number of hydrogen-bond donors (Lipinski definition) is 2. The smallest absolute Gasteiger partial charge is 0.273 e. The molecule has 10 heteroatoms. The van der Waals surface area contributed by atoms with Crippen LogP contribution in [0.25, 0.3) is 10.8 Å². The summed E-state index contributed by atoms with van der Waals surface area (Å²) >= 11 is 0. The molecule has 0 atom stereocenters. The molecule has 0 unspecified atom stereocenters. The minimum atomic E-state index is -0.379. The van der Waals surface area contributed by atoms with E-state index in [9.17, 15) is 14.4 Å². The second-order valence-electron chi connectivity index (χ2n) is 7.27. The number of aryl methyl sites for hydroxylation is 1. The molecule has 4 aromatic rings. The van der Waals surface area contributed by atoms with Crippen molar-refractivity contribution in [1.82, 2.24) is 19.6 Å². The van der Waals surface area contributed by atoms with E-state index in [0.29, 0.717) is 34.6 Å². The van der Waals surface area contributed by atoms with Crippen molar-refractivity contribution in [3.05, 3.63) is 81.0 Å². The third-order valence-corrected chi connectivity index (χ3v) is 5.23. The number of para-hydroxylation sites is 1. The fourth-order valence-electron chi connectivity index (χ4n) is 3.63. The molecule has 2 heterocycles. The van der Waals surface area contributed by atoms with Gasteiger partial charge in [0.25, 0.3) is 11.1 Å². The number of nitrogens with zero attached hydrogens (tertiary/aromatic N) is 3. The Labute approximate surface area is 188 Å². The van der Waals surface area contributed by atoms with Crippen molar-refractivity contribution in [3.8, 4) is 11.5 Å². The molecule has 0 aliphatic rings. The van der Waals surface area contributed by atoms with E-state index in [0.717, 1.165) is 10.2 Å². The molecule has 1 amide bonds. The minimum Gasteiger partial charge on any atom is -0.493 e. The number of amides is 1. The van der Waals surface area contributed by atoms with Crippen molar-refractivity contribution in [2.24, 2.45) is 0 Å². The van der Waals surface area contributed by atoms with E-state index in [-0.39, 0.29) is 30.0 Å². The third-order valence-electron chi connectivity index (χ3n) is 5.23. The molecule has 0 fully saturated rings. The van der Waals surface area contributed by atoms with Gasteiger partial charge in [0.15, 0.2) is 11.5 Å². The van der Waals surface area contributed by atoms with Crippen LogP contribution in [0.3, 0.4) is 0 Å². The normalized spacial score (nSPS) is 10.8. The topological polar surface area (TPSA) is 120 Å². The maximum absolute atomic E-state index is 12.6. The molecule has 33 heavy (non-hydrogen) atoms. The highest BCUT2D eigenvalue weighted by Gasteiger charge is 2.14. The number of aromatic nitrogens is 4. The van der Waals surface area contributed by atoms with Gasteiger partial charge in [-0.2, -0.15) is 5.10 Å². The van der Waals surface area contributed by atoms with Crippen LogP contribution in [0.15, 0.2) is 64.3 Å². The first-order valence-electron chi connectivity index (χ1n) is 10.2. The van der Waals surface area contributed by atoms with Gasteiger partial charge in [-0.05, 0) is 18.2 Å². The number of nitrogens with one attached hydrogen (secondary N) is 2. The number of fused-ring (bicyclic) bond motifs is 1. The van der Waals surface area contributed by atoms with Crippen molar-refractivity contribution in [3.63, 3.8) is 0 Å². The molecule has 0 bridgehead atoms. The number of aromatic amines is 1. The van der Waals surface area contributed by atoms with Crippen LogP contribution in [0, 0.1) is 0 Å².